The second kappa shape index (κ2) is 6.83. The Hall–Kier alpha value is -3.22. The first-order valence-corrected chi connectivity index (χ1v) is 8.62. The number of fused-ring (bicyclic) bond motifs is 1. The van der Waals surface area contributed by atoms with Crippen molar-refractivity contribution in [1.29, 1.82) is 0 Å². The second-order valence-electron chi connectivity index (χ2n) is 6.63. The fraction of sp³-hybridized carbons (Fsp3) is 0.250. The van der Waals surface area contributed by atoms with Gasteiger partial charge in [0.05, 0.1) is 30.4 Å². The number of imidazole rings is 1. The molecule has 0 unspecified atom stereocenters. The SMILES string of the molecule is COC(=O)[C@H]1CN(C(=O)c2ccc3nc[nH]c3c2)C[C@@H]1c1ccc(F)cc1. The second-order valence-corrected chi connectivity index (χ2v) is 6.63. The lowest BCUT2D eigenvalue weighted by Gasteiger charge is -2.17. The van der Waals surface area contributed by atoms with E-state index < -0.39 is 5.92 Å². The maximum atomic E-state index is 13.3. The maximum absolute atomic E-state index is 13.3. The number of aromatic nitrogens is 2. The van der Waals surface area contributed by atoms with E-state index in [4.69, 9.17) is 4.74 Å². The molecule has 2 atom stereocenters. The number of likely N-dealkylation sites (tertiary alicyclic amines) is 1. The molecule has 0 spiro atoms. The van der Waals surface area contributed by atoms with Gasteiger partial charge in [0.25, 0.3) is 5.91 Å². The van der Waals surface area contributed by atoms with Gasteiger partial charge in [-0.05, 0) is 35.9 Å². The molecule has 4 rings (SSSR count). The van der Waals surface area contributed by atoms with Crippen LogP contribution in [-0.4, -0.2) is 46.9 Å². The van der Waals surface area contributed by atoms with E-state index in [0.29, 0.717) is 12.1 Å². The lowest BCUT2D eigenvalue weighted by Crippen LogP contribution is -2.30. The summed E-state index contributed by atoms with van der Waals surface area (Å²) in [6, 6.07) is 11.3. The molecule has 0 radical (unpaired) electrons. The van der Waals surface area contributed by atoms with E-state index in [1.54, 1.807) is 41.6 Å². The van der Waals surface area contributed by atoms with Crippen molar-refractivity contribution in [3.8, 4) is 0 Å². The zero-order chi connectivity index (χ0) is 19.0. The highest BCUT2D eigenvalue weighted by Crippen LogP contribution is 2.34. The van der Waals surface area contributed by atoms with Crippen molar-refractivity contribution in [2.75, 3.05) is 20.2 Å². The Balaban J connectivity index is 1.62. The topological polar surface area (TPSA) is 75.3 Å². The first-order chi connectivity index (χ1) is 13.1. The number of carbonyl (C=O) groups excluding carboxylic acids is 2. The van der Waals surface area contributed by atoms with Crippen molar-refractivity contribution in [3.63, 3.8) is 0 Å². The molecule has 0 bridgehead atoms. The number of carbonyl (C=O) groups is 2. The van der Waals surface area contributed by atoms with Crippen LogP contribution >= 0.6 is 0 Å². The van der Waals surface area contributed by atoms with Crippen LogP contribution in [0.1, 0.15) is 21.8 Å². The van der Waals surface area contributed by atoms with Crippen LogP contribution in [-0.2, 0) is 9.53 Å². The van der Waals surface area contributed by atoms with Crippen LogP contribution < -0.4 is 0 Å². The molecule has 27 heavy (non-hydrogen) atoms. The Bertz CT molecular complexity index is 999. The van der Waals surface area contributed by atoms with E-state index in [-0.39, 0.29) is 30.2 Å². The third kappa shape index (κ3) is 3.16. The van der Waals surface area contributed by atoms with Gasteiger partial charge in [0.15, 0.2) is 0 Å². The minimum Gasteiger partial charge on any atom is -0.469 e. The van der Waals surface area contributed by atoms with Gasteiger partial charge in [-0.25, -0.2) is 9.37 Å². The fourth-order valence-electron chi connectivity index (χ4n) is 3.66. The average molecular weight is 367 g/mol. The first-order valence-electron chi connectivity index (χ1n) is 8.62. The number of amides is 1. The standard InChI is InChI=1S/C20H18FN3O3/c1-27-20(26)16-10-24(9-15(16)12-2-5-14(21)6-3-12)19(25)13-4-7-17-18(8-13)23-11-22-17/h2-8,11,15-16H,9-10H2,1H3,(H,22,23)/t15-,16+/m1/s1. The number of esters is 1. The molecule has 1 amide bonds. The molecule has 3 aromatic rings. The van der Waals surface area contributed by atoms with Crippen LogP contribution in [0.5, 0.6) is 0 Å². The lowest BCUT2D eigenvalue weighted by atomic mass is 9.89. The van der Waals surface area contributed by atoms with E-state index in [0.717, 1.165) is 16.6 Å². The Labute approximate surface area is 155 Å². The highest BCUT2D eigenvalue weighted by molar-refractivity contribution is 5.98. The normalized spacial score (nSPS) is 19.4. The van der Waals surface area contributed by atoms with Crippen LogP contribution in [0.3, 0.4) is 0 Å². The molecule has 1 aromatic heterocycles. The van der Waals surface area contributed by atoms with Crippen molar-refractivity contribution in [2.24, 2.45) is 5.92 Å². The number of hydrogen-bond acceptors (Lipinski definition) is 4. The van der Waals surface area contributed by atoms with Gasteiger partial charge in [-0.3, -0.25) is 9.59 Å². The van der Waals surface area contributed by atoms with Crippen molar-refractivity contribution >= 4 is 22.9 Å². The number of ether oxygens (including phenoxy) is 1. The maximum Gasteiger partial charge on any atom is 0.311 e. The zero-order valence-corrected chi connectivity index (χ0v) is 14.7. The highest BCUT2D eigenvalue weighted by atomic mass is 19.1. The van der Waals surface area contributed by atoms with Gasteiger partial charge in [0, 0.05) is 24.6 Å². The smallest absolute Gasteiger partial charge is 0.311 e. The number of rotatable bonds is 3. The van der Waals surface area contributed by atoms with Crippen molar-refractivity contribution < 1.29 is 18.7 Å². The van der Waals surface area contributed by atoms with Crippen molar-refractivity contribution in [2.45, 2.75) is 5.92 Å². The first kappa shape index (κ1) is 17.2. The number of nitrogens with zero attached hydrogens (tertiary/aromatic N) is 2. The monoisotopic (exact) mass is 367 g/mol. The molecule has 0 saturated carbocycles. The lowest BCUT2D eigenvalue weighted by molar-refractivity contribution is -0.145. The highest BCUT2D eigenvalue weighted by Gasteiger charge is 2.41. The summed E-state index contributed by atoms with van der Waals surface area (Å²) < 4.78 is 18.2. The number of aromatic amines is 1. The largest absolute Gasteiger partial charge is 0.469 e. The molecular formula is C20H18FN3O3. The molecular weight excluding hydrogens is 349 g/mol. The zero-order valence-electron chi connectivity index (χ0n) is 14.7. The van der Waals surface area contributed by atoms with Gasteiger partial charge in [0.1, 0.15) is 5.82 Å². The van der Waals surface area contributed by atoms with Gasteiger partial charge < -0.3 is 14.6 Å². The van der Waals surface area contributed by atoms with Gasteiger partial charge in [0.2, 0.25) is 0 Å². The average Bonchev–Trinajstić information content (AvgIpc) is 3.34. The molecule has 1 fully saturated rings. The minimum atomic E-state index is -0.486. The van der Waals surface area contributed by atoms with Crippen LogP contribution in [0.25, 0.3) is 11.0 Å². The quantitative estimate of drug-likeness (QED) is 0.723. The molecule has 2 aromatic carbocycles. The fourth-order valence-corrected chi connectivity index (χ4v) is 3.66. The van der Waals surface area contributed by atoms with Gasteiger partial charge in [-0.2, -0.15) is 0 Å². The summed E-state index contributed by atoms with van der Waals surface area (Å²) in [6.07, 6.45) is 1.58. The summed E-state index contributed by atoms with van der Waals surface area (Å²) in [5, 5.41) is 0. The number of halogens is 1. The number of methoxy groups -OCH3 is 1. The van der Waals surface area contributed by atoms with Gasteiger partial charge in [-0.15, -0.1) is 0 Å². The molecule has 1 aliphatic heterocycles. The van der Waals surface area contributed by atoms with E-state index in [1.807, 2.05) is 0 Å². The van der Waals surface area contributed by atoms with Crippen molar-refractivity contribution in [3.05, 3.63) is 65.7 Å². The molecule has 1 N–H and O–H groups in total. The molecule has 1 aliphatic rings. The molecule has 1 saturated heterocycles. The molecule has 7 heteroatoms. The summed E-state index contributed by atoms with van der Waals surface area (Å²) in [6.45, 7) is 0.625. The van der Waals surface area contributed by atoms with Crippen LogP contribution in [0.15, 0.2) is 48.8 Å². The van der Waals surface area contributed by atoms with Crippen LogP contribution in [0.4, 0.5) is 4.39 Å². The predicted octanol–water partition coefficient (Wildman–Crippen LogP) is 2.73. The Morgan fingerprint density at radius 1 is 1.19 bits per heavy atom. The minimum absolute atomic E-state index is 0.162. The molecule has 6 nitrogen and oxygen atoms in total. The summed E-state index contributed by atoms with van der Waals surface area (Å²) in [5.74, 6) is -1.60. The number of nitrogens with one attached hydrogen (secondary N) is 1. The van der Waals surface area contributed by atoms with E-state index >= 15 is 0 Å². The Kier molecular flexibility index (Phi) is 4.35. The van der Waals surface area contributed by atoms with Crippen LogP contribution in [0, 0.1) is 11.7 Å². The Morgan fingerprint density at radius 2 is 1.96 bits per heavy atom. The molecule has 2 heterocycles. The van der Waals surface area contributed by atoms with Gasteiger partial charge in [-0.1, -0.05) is 12.1 Å². The number of H-pyrrole nitrogens is 1. The predicted molar refractivity (Wildman–Crippen MR) is 96.6 cm³/mol. The molecule has 138 valence electrons. The summed E-state index contributed by atoms with van der Waals surface area (Å²) >= 11 is 0. The number of hydrogen-bond donors (Lipinski definition) is 1. The summed E-state index contributed by atoms with van der Waals surface area (Å²) in [4.78, 5) is 34.0. The van der Waals surface area contributed by atoms with E-state index in [9.17, 15) is 14.0 Å². The van der Waals surface area contributed by atoms with E-state index in [1.165, 1.54) is 19.2 Å². The van der Waals surface area contributed by atoms with Gasteiger partial charge >= 0.3 is 5.97 Å². The Morgan fingerprint density at radius 3 is 2.70 bits per heavy atom. The number of benzene rings is 2. The van der Waals surface area contributed by atoms with Crippen molar-refractivity contribution in [1.82, 2.24) is 14.9 Å². The molecule has 0 aliphatic carbocycles. The summed E-state index contributed by atoms with van der Waals surface area (Å²) in [7, 11) is 1.33. The third-order valence-electron chi connectivity index (χ3n) is 5.08. The summed E-state index contributed by atoms with van der Waals surface area (Å²) in [5.41, 5.74) is 2.89. The third-order valence-corrected chi connectivity index (χ3v) is 5.08. The van der Waals surface area contributed by atoms with E-state index in [2.05, 4.69) is 9.97 Å². The van der Waals surface area contributed by atoms with Crippen LogP contribution in [0.2, 0.25) is 0 Å².